The van der Waals surface area contributed by atoms with Gasteiger partial charge in [-0.2, -0.15) is 0 Å². The average molecular weight is 171 g/mol. The Balaban J connectivity index is 2.79. The second kappa shape index (κ2) is 4.16. The molecule has 0 saturated carbocycles. The number of alkyl halides is 1. The molecule has 1 aromatic carbocycles. The summed E-state index contributed by atoms with van der Waals surface area (Å²) < 4.78 is 24.8. The summed E-state index contributed by atoms with van der Waals surface area (Å²) in [6.45, 7) is -0.518. The van der Waals surface area contributed by atoms with Gasteiger partial charge in [0.1, 0.15) is 5.82 Å². The number of hydrogen-bond acceptors (Lipinski definition) is 1. The summed E-state index contributed by atoms with van der Waals surface area (Å²) >= 11 is 0. The minimum atomic E-state index is -0.531. The van der Waals surface area contributed by atoms with E-state index in [2.05, 4.69) is 0 Å². The predicted molar refractivity (Wildman–Crippen MR) is 43.9 cm³/mol. The first-order valence-electron chi connectivity index (χ1n) is 3.81. The lowest BCUT2D eigenvalue weighted by Gasteiger charge is -2.09. The second-order valence-electron chi connectivity index (χ2n) is 2.61. The van der Waals surface area contributed by atoms with E-state index in [0.29, 0.717) is 5.56 Å². The summed E-state index contributed by atoms with van der Waals surface area (Å²) in [4.78, 5) is 0. The van der Waals surface area contributed by atoms with E-state index in [0.717, 1.165) is 0 Å². The van der Waals surface area contributed by atoms with Crippen LogP contribution < -0.4 is 5.73 Å². The monoisotopic (exact) mass is 171 g/mol. The van der Waals surface area contributed by atoms with E-state index < -0.39 is 12.7 Å². The summed E-state index contributed by atoms with van der Waals surface area (Å²) in [5.74, 6) is -0.363. The van der Waals surface area contributed by atoms with Crippen LogP contribution in [0.2, 0.25) is 0 Å². The highest BCUT2D eigenvalue weighted by atomic mass is 19.1. The molecule has 2 N–H and O–H groups in total. The van der Waals surface area contributed by atoms with Crippen LogP contribution in [0.3, 0.4) is 0 Å². The summed E-state index contributed by atoms with van der Waals surface area (Å²) in [6.07, 6.45) is 0.168. The summed E-state index contributed by atoms with van der Waals surface area (Å²) in [7, 11) is 0. The standard InChI is InChI=1S/C9H11F2N/c10-6-5-9(12)7-3-1-2-4-8(7)11/h1-4,9H,5-6,12H2/t9-/m1/s1. The molecule has 0 aromatic heterocycles. The number of rotatable bonds is 3. The SMILES string of the molecule is N[C@H](CCF)c1ccccc1F. The molecule has 1 aromatic rings. The quantitative estimate of drug-likeness (QED) is 0.741. The summed E-state index contributed by atoms with van der Waals surface area (Å²) in [6, 6.07) is 5.65. The zero-order chi connectivity index (χ0) is 8.97. The van der Waals surface area contributed by atoms with Gasteiger partial charge in [-0.25, -0.2) is 4.39 Å². The van der Waals surface area contributed by atoms with Crippen molar-refractivity contribution in [1.82, 2.24) is 0 Å². The van der Waals surface area contributed by atoms with Gasteiger partial charge in [0.05, 0.1) is 6.67 Å². The molecule has 1 atom stereocenters. The smallest absolute Gasteiger partial charge is 0.127 e. The lowest BCUT2D eigenvalue weighted by Crippen LogP contribution is -2.12. The first kappa shape index (κ1) is 9.13. The molecule has 0 spiro atoms. The minimum absolute atomic E-state index is 0.168. The number of hydrogen-bond donors (Lipinski definition) is 1. The molecule has 0 aliphatic heterocycles. The van der Waals surface area contributed by atoms with Gasteiger partial charge in [-0.15, -0.1) is 0 Å². The Morgan fingerprint density at radius 2 is 2.00 bits per heavy atom. The summed E-state index contributed by atoms with van der Waals surface area (Å²) in [5, 5.41) is 0. The first-order chi connectivity index (χ1) is 5.75. The molecular weight excluding hydrogens is 160 g/mol. The van der Waals surface area contributed by atoms with Crippen molar-refractivity contribution in [3.05, 3.63) is 35.6 Å². The molecule has 0 heterocycles. The largest absolute Gasteiger partial charge is 0.324 e. The Hall–Kier alpha value is -0.960. The van der Waals surface area contributed by atoms with Gasteiger partial charge in [-0.3, -0.25) is 4.39 Å². The van der Waals surface area contributed by atoms with Gasteiger partial charge in [0, 0.05) is 11.6 Å². The molecule has 0 aliphatic rings. The van der Waals surface area contributed by atoms with Crippen molar-refractivity contribution in [3.8, 4) is 0 Å². The Labute approximate surface area is 70.2 Å². The molecule has 12 heavy (non-hydrogen) atoms. The first-order valence-corrected chi connectivity index (χ1v) is 3.81. The van der Waals surface area contributed by atoms with Gasteiger partial charge in [0.2, 0.25) is 0 Å². The lowest BCUT2D eigenvalue weighted by molar-refractivity contribution is 0.435. The van der Waals surface area contributed by atoms with Crippen molar-refractivity contribution in [2.24, 2.45) is 5.73 Å². The maximum atomic E-state index is 13.0. The minimum Gasteiger partial charge on any atom is -0.324 e. The van der Waals surface area contributed by atoms with Crippen molar-refractivity contribution in [2.45, 2.75) is 12.5 Å². The van der Waals surface area contributed by atoms with Crippen LogP contribution in [0.1, 0.15) is 18.0 Å². The number of nitrogens with two attached hydrogens (primary N) is 1. The van der Waals surface area contributed by atoms with Crippen LogP contribution in [0.15, 0.2) is 24.3 Å². The van der Waals surface area contributed by atoms with E-state index in [-0.39, 0.29) is 12.2 Å². The van der Waals surface area contributed by atoms with Crippen molar-refractivity contribution >= 4 is 0 Å². The van der Waals surface area contributed by atoms with Gasteiger partial charge in [0.25, 0.3) is 0 Å². The maximum absolute atomic E-state index is 13.0. The Kier molecular flexibility index (Phi) is 3.17. The fraction of sp³-hybridized carbons (Fsp3) is 0.333. The third-order valence-electron chi connectivity index (χ3n) is 1.72. The van der Waals surface area contributed by atoms with E-state index in [1.165, 1.54) is 6.07 Å². The molecule has 3 heteroatoms. The fourth-order valence-corrected chi connectivity index (χ4v) is 1.05. The highest BCUT2D eigenvalue weighted by molar-refractivity contribution is 5.20. The van der Waals surface area contributed by atoms with Crippen molar-refractivity contribution in [2.75, 3.05) is 6.67 Å². The van der Waals surface area contributed by atoms with Crippen molar-refractivity contribution < 1.29 is 8.78 Å². The third kappa shape index (κ3) is 2.01. The fourth-order valence-electron chi connectivity index (χ4n) is 1.05. The van der Waals surface area contributed by atoms with Crippen LogP contribution in [0.4, 0.5) is 8.78 Å². The van der Waals surface area contributed by atoms with E-state index in [4.69, 9.17) is 5.73 Å². The molecule has 66 valence electrons. The molecule has 0 unspecified atom stereocenters. The normalized spacial score (nSPS) is 12.9. The maximum Gasteiger partial charge on any atom is 0.127 e. The van der Waals surface area contributed by atoms with E-state index >= 15 is 0 Å². The summed E-state index contributed by atoms with van der Waals surface area (Å²) in [5.41, 5.74) is 5.91. The molecule has 0 saturated heterocycles. The van der Waals surface area contributed by atoms with Gasteiger partial charge in [0.15, 0.2) is 0 Å². The Morgan fingerprint density at radius 1 is 1.33 bits per heavy atom. The molecule has 1 rings (SSSR count). The van der Waals surface area contributed by atoms with Gasteiger partial charge >= 0.3 is 0 Å². The van der Waals surface area contributed by atoms with E-state index in [1.807, 2.05) is 0 Å². The molecule has 0 aliphatic carbocycles. The predicted octanol–water partition coefficient (Wildman–Crippen LogP) is 2.19. The van der Waals surface area contributed by atoms with Crippen molar-refractivity contribution in [3.63, 3.8) is 0 Å². The molecule has 0 bridgehead atoms. The lowest BCUT2D eigenvalue weighted by atomic mass is 10.1. The Bertz CT molecular complexity index is 250. The van der Waals surface area contributed by atoms with Crippen LogP contribution in [0.25, 0.3) is 0 Å². The second-order valence-corrected chi connectivity index (χ2v) is 2.61. The van der Waals surface area contributed by atoms with Crippen LogP contribution in [-0.4, -0.2) is 6.67 Å². The molecule has 0 amide bonds. The molecule has 1 nitrogen and oxygen atoms in total. The van der Waals surface area contributed by atoms with Crippen LogP contribution in [0.5, 0.6) is 0 Å². The van der Waals surface area contributed by atoms with E-state index in [1.54, 1.807) is 18.2 Å². The average Bonchev–Trinajstić information content (AvgIpc) is 2.05. The highest BCUT2D eigenvalue weighted by Gasteiger charge is 2.09. The molecule has 0 fully saturated rings. The molecular formula is C9H11F2N. The van der Waals surface area contributed by atoms with E-state index in [9.17, 15) is 8.78 Å². The zero-order valence-electron chi connectivity index (χ0n) is 6.63. The van der Waals surface area contributed by atoms with Gasteiger partial charge in [-0.1, -0.05) is 18.2 Å². The van der Waals surface area contributed by atoms with Gasteiger partial charge < -0.3 is 5.73 Å². The van der Waals surface area contributed by atoms with Crippen LogP contribution in [-0.2, 0) is 0 Å². The van der Waals surface area contributed by atoms with Crippen LogP contribution in [0, 0.1) is 5.82 Å². The Morgan fingerprint density at radius 3 is 2.58 bits per heavy atom. The number of benzene rings is 1. The number of halogens is 2. The van der Waals surface area contributed by atoms with Crippen molar-refractivity contribution in [1.29, 1.82) is 0 Å². The molecule has 0 radical (unpaired) electrons. The van der Waals surface area contributed by atoms with Gasteiger partial charge in [-0.05, 0) is 12.5 Å². The zero-order valence-corrected chi connectivity index (χ0v) is 6.63. The topological polar surface area (TPSA) is 26.0 Å². The third-order valence-corrected chi connectivity index (χ3v) is 1.72. The highest BCUT2D eigenvalue weighted by Crippen LogP contribution is 2.16. The van der Waals surface area contributed by atoms with Crippen LogP contribution >= 0.6 is 0 Å².